The van der Waals surface area contributed by atoms with Gasteiger partial charge in [-0.15, -0.1) is 0 Å². The number of sulfonamides is 1. The van der Waals surface area contributed by atoms with E-state index < -0.39 is 10.0 Å². The fraction of sp³-hybridized carbons (Fsp3) is 0.650. The Kier molecular flexibility index (Phi) is 8.10. The van der Waals surface area contributed by atoms with Crippen LogP contribution in [0.1, 0.15) is 51.0 Å². The molecule has 1 heterocycles. The van der Waals surface area contributed by atoms with Gasteiger partial charge in [-0.25, -0.2) is 12.7 Å². The molecule has 0 N–H and O–H groups in total. The molecule has 1 fully saturated rings. The molecule has 0 aromatic heterocycles. The molecular formula is C20H32N2O3S. The molecule has 146 valence electrons. The second kappa shape index (κ2) is 10.1. The van der Waals surface area contributed by atoms with E-state index in [0.29, 0.717) is 12.6 Å². The number of hydrogen-bond acceptors (Lipinski definition) is 3. The van der Waals surface area contributed by atoms with Gasteiger partial charge in [0.25, 0.3) is 0 Å². The van der Waals surface area contributed by atoms with Crippen LogP contribution in [0.2, 0.25) is 0 Å². The highest BCUT2D eigenvalue weighted by atomic mass is 32.2. The van der Waals surface area contributed by atoms with Gasteiger partial charge in [0.15, 0.2) is 0 Å². The summed E-state index contributed by atoms with van der Waals surface area (Å²) in [6.45, 7) is 3.66. The summed E-state index contributed by atoms with van der Waals surface area (Å²) in [6, 6.07) is 10.4. The topological polar surface area (TPSA) is 57.7 Å². The zero-order valence-electron chi connectivity index (χ0n) is 16.1. The predicted molar refractivity (Wildman–Crippen MR) is 105 cm³/mol. The molecule has 0 spiro atoms. The number of amides is 1. The minimum absolute atomic E-state index is 0.0910. The van der Waals surface area contributed by atoms with Crippen LogP contribution in [0.3, 0.4) is 0 Å². The Morgan fingerprint density at radius 2 is 1.92 bits per heavy atom. The number of carbonyl (C=O) groups is 1. The number of piperidine rings is 1. The quantitative estimate of drug-likeness (QED) is 0.661. The zero-order valence-corrected chi connectivity index (χ0v) is 16.9. The highest BCUT2D eigenvalue weighted by Crippen LogP contribution is 2.20. The van der Waals surface area contributed by atoms with Gasteiger partial charge in [0, 0.05) is 32.1 Å². The molecule has 0 saturated carbocycles. The molecule has 26 heavy (non-hydrogen) atoms. The van der Waals surface area contributed by atoms with Crippen molar-refractivity contribution in [2.75, 3.05) is 25.9 Å². The Morgan fingerprint density at radius 1 is 1.19 bits per heavy atom. The first-order valence-corrected chi connectivity index (χ1v) is 11.5. The van der Waals surface area contributed by atoms with Crippen molar-refractivity contribution in [2.45, 2.75) is 57.9 Å². The van der Waals surface area contributed by atoms with Gasteiger partial charge in [-0.05, 0) is 44.1 Å². The fourth-order valence-corrected chi connectivity index (χ4v) is 4.55. The van der Waals surface area contributed by atoms with Crippen molar-refractivity contribution in [3.8, 4) is 0 Å². The molecule has 5 nitrogen and oxygen atoms in total. The number of rotatable bonds is 9. The van der Waals surface area contributed by atoms with Crippen molar-refractivity contribution in [3.63, 3.8) is 0 Å². The molecule has 1 aliphatic rings. The van der Waals surface area contributed by atoms with Crippen molar-refractivity contribution < 1.29 is 13.2 Å². The van der Waals surface area contributed by atoms with Crippen LogP contribution in [-0.4, -0.2) is 55.5 Å². The Labute approximate surface area is 158 Å². The molecule has 1 aromatic rings. The number of likely N-dealkylation sites (tertiary alicyclic amines) is 1. The maximum Gasteiger partial charge on any atom is 0.224 e. The highest BCUT2D eigenvalue weighted by molar-refractivity contribution is 7.88. The lowest BCUT2D eigenvalue weighted by Gasteiger charge is -2.35. The fourth-order valence-electron chi connectivity index (χ4n) is 3.66. The van der Waals surface area contributed by atoms with E-state index in [-0.39, 0.29) is 18.9 Å². The third-order valence-electron chi connectivity index (χ3n) is 5.18. The van der Waals surface area contributed by atoms with Crippen LogP contribution in [0.5, 0.6) is 0 Å². The number of aryl methyl sites for hydroxylation is 1. The van der Waals surface area contributed by atoms with Crippen LogP contribution >= 0.6 is 0 Å². The van der Waals surface area contributed by atoms with Crippen LogP contribution < -0.4 is 0 Å². The smallest absolute Gasteiger partial charge is 0.224 e. The highest BCUT2D eigenvalue weighted by Gasteiger charge is 2.26. The summed E-state index contributed by atoms with van der Waals surface area (Å²) in [4.78, 5) is 14.6. The summed E-state index contributed by atoms with van der Waals surface area (Å²) in [7, 11) is -3.30. The maximum atomic E-state index is 12.6. The summed E-state index contributed by atoms with van der Waals surface area (Å²) in [5.41, 5.74) is 1.20. The Hall–Kier alpha value is -1.40. The standard InChI is InChI=1S/C20H32N2O3S/c1-3-19-13-7-8-16-22(19)20(23)14-17-21(26(2,24)25)15-9-12-18-10-5-4-6-11-18/h4-6,10-11,19H,3,7-9,12-17H2,1-2H3. The molecule has 0 bridgehead atoms. The summed E-state index contributed by atoms with van der Waals surface area (Å²) in [6.07, 6.45) is 7.36. The summed E-state index contributed by atoms with van der Waals surface area (Å²) in [5, 5.41) is 0. The first kappa shape index (κ1) is 20.9. The van der Waals surface area contributed by atoms with Crippen LogP contribution in [0.25, 0.3) is 0 Å². The molecule has 0 aliphatic carbocycles. The van der Waals surface area contributed by atoms with Gasteiger partial charge in [0.05, 0.1) is 6.26 Å². The van der Waals surface area contributed by atoms with E-state index in [1.807, 2.05) is 23.1 Å². The van der Waals surface area contributed by atoms with E-state index in [0.717, 1.165) is 38.6 Å². The average molecular weight is 381 g/mol. The van der Waals surface area contributed by atoms with Gasteiger partial charge in [-0.1, -0.05) is 37.3 Å². The second-order valence-corrected chi connectivity index (χ2v) is 9.13. The number of nitrogens with zero attached hydrogens (tertiary/aromatic N) is 2. The lowest BCUT2D eigenvalue weighted by Crippen LogP contribution is -2.45. The summed E-state index contributed by atoms with van der Waals surface area (Å²) < 4.78 is 25.6. The average Bonchev–Trinajstić information content (AvgIpc) is 2.64. The molecule has 1 unspecified atom stereocenters. The lowest BCUT2D eigenvalue weighted by atomic mass is 9.99. The first-order chi connectivity index (χ1) is 12.4. The van der Waals surface area contributed by atoms with E-state index in [1.54, 1.807) is 0 Å². The van der Waals surface area contributed by atoms with Gasteiger partial charge in [0.2, 0.25) is 15.9 Å². The minimum Gasteiger partial charge on any atom is -0.340 e. The van der Waals surface area contributed by atoms with E-state index >= 15 is 0 Å². The summed E-state index contributed by atoms with van der Waals surface area (Å²) in [5.74, 6) is 0.0910. The third-order valence-corrected chi connectivity index (χ3v) is 6.48. The monoisotopic (exact) mass is 380 g/mol. The zero-order chi connectivity index (χ0) is 19.0. The molecule has 6 heteroatoms. The van der Waals surface area contributed by atoms with Gasteiger partial charge < -0.3 is 4.90 Å². The van der Waals surface area contributed by atoms with Crippen molar-refractivity contribution in [3.05, 3.63) is 35.9 Å². The molecular weight excluding hydrogens is 348 g/mol. The van der Waals surface area contributed by atoms with Crippen LogP contribution in [-0.2, 0) is 21.2 Å². The Balaban J connectivity index is 1.86. The largest absolute Gasteiger partial charge is 0.340 e. The van der Waals surface area contributed by atoms with Crippen molar-refractivity contribution in [1.29, 1.82) is 0 Å². The maximum absolute atomic E-state index is 12.6. The normalized spacial score (nSPS) is 18.3. The summed E-state index contributed by atoms with van der Waals surface area (Å²) >= 11 is 0. The molecule has 1 atom stereocenters. The molecule has 0 radical (unpaired) electrons. The number of carbonyl (C=O) groups excluding carboxylic acids is 1. The Morgan fingerprint density at radius 3 is 2.58 bits per heavy atom. The van der Waals surface area contributed by atoms with E-state index in [1.165, 1.54) is 22.5 Å². The van der Waals surface area contributed by atoms with Gasteiger partial charge in [0.1, 0.15) is 0 Å². The number of benzene rings is 1. The first-order valence-electron chi connectivity index (χ1n) is 9.70. The SMILES string of the molecule is CCC1CCCCN1C(=O)CCN(CCCc1ccccc1)S(C)(=O)=O. The molecule has 1 aliphatic heterocycles. The van der Waals surface area contributed by atoms with Gasteiger partial charge >= 0.3 is 0 Å². The van der Waals surface area contributed by atoms with Crippen LogP contribution in [0.4, 0.5) is 0 Å². The van der Waals surface area contributed by atoms with E-state index in [2.05, 4.69) is 19.1 Å². The molecule has 1 aromatic carbocycles. The number of hydrogen-bond donors (Lipinski definition) is 0. The van der Waals surface area contributed by atoms with Crippen LogP contribution in [0.15, 0.2) is 30.3 Å². The van der Waals surface area contributed by atoms with E-state index in [4.69, 9.17) is 0 Å². The molecule has 2 rings (SSSR count). The van der Waals surface area contributed by atoms with Crippen LogP contribution in [0, 0.1) is 0 Å². The predicted octanol–water partition coefficient (Wildman–Crippen LogP) is 3.06. The van der Waals surface area contributed by atoms with Crippen molar-refractivity contribution >= 4 is 15.9 Å². The minimum atomic E-state index is -3.30. The lowest BCUT2D eigenvalue weighted by molar-refractivity contribution is -0.135. The van der Waals surface area contributed by atoms with Gasteiger partial charge in [-0.2, -0.15) is 0 Å². The van der Waals surface area contributed by atoms with Gasteiger partial charge in [-0.3, -0.25) is 4.79 Å². The van der Waals surface area contributed by atoms with Crippen molar-refractivity contribution in [2.24, 2.45) is 0 Å². The van der Waals surface area contributed by atoms with Crippen molar-refractivity contribution in [1.82, 2.24) is 9.21 Å². The Bertz CT molecular complexity index is 661. The van der Waals surface area contributed by atoms with E-state index in [9.17, 15) is 13.2 Å². The molecule has 1 saturated heterocycles. The third kappa shape index (κ3) is 6.40. The molecule has 1 amide bonds. The second-order valence-electron chi connectivity index (χ2n) is 7.15.